The van der Waals surface area contributed by atoms with Crippen molar-refractivity contribution in [3.63, 3.8) is 0 Å². The number of aromatic nitrogens is 2. The predicted molar refractivity (Wildman–Crippen MR) is 109 cm³/mol. The zero-order valence-electron chi connectivity index (χ0n) is 15.4. The summed E-state index contributed by atoms with van der Waals surface area (Å²) >= 11 is 0. The first-order valence-corrected chi connectivity index (χ1v) is 10.2. The summed E-state index contributed by atoms with van der Waals surface area (Å²) < 4.78 is 27.4. The number of pyridine rings is 1. The van der Waals surface area contributed by atoms with Crippen LogP contribution >= 0.6 is 0 Å². The number of anilines is 1. The maximum absolute atomic E-state index is 12.4. The van der Waals surface area contributed by atoms with Gasteiger partial charge in [0.2, 0.25) is 0 Å². The van der Waals surface area contributed by atoms with E-state index in [1.165, 1.54) is 19.1 Å². The number of carbonyl (C=O) groups excluding carboxylic acids is 1. The quantitative estimate of drug-likeness (QED) is 0.471. The van der Waals surface area contributed by atoms with E-state index in [9.17, 15) is 23.1 Å². The number of aromatic amines is 2. The summed E-state index contributed by atoms with van der Waals surface area (Å²) in [5.74, 6) is -0.995. The third-order valence-electron chi connectivity index (χ3n) is 4.13. The average molecular weight is 412 g/mol. The van der Waals surface area contributed by atoms with Gasteiger partial charge in [0.25, 0.3) is 15.6 Å². The minimum absolute atomic E-state index is 0.111. The van der Waals surface area contributed by atoms with E-state index < -0.39 is 16.0 Å². The van der Waals surface area contributed by atoms with E-state index in [4.69, 9.17) is 0 Å². The lowest BCUT2D eigenvalue weighted by molar-refractivity contribution is -0.305. The summed E-state index contributed by atoms with van der Waals surface area (Å²) in [6.07, 6.45) is 1.79. The van der Waals surface area contributed by atoms with Crippen LogP contribution in [0.5, 0.6) is 0 Å². The molecule has 2 heterocycles. The maximum atomic E-state index is 12.4. The summed E-state index contributed by atoms with van der Waals surface area (Å²) in [6, 6.07) is 15.0. The molecule has 0 spiro atoms. The van der Waals surface area contributed by atoms with Gasteiger partial charge in [-0.25, -0.2) is 8.42 Å². The van der Waals surface area contributed by atoms with Crippen molar-refractivity contribution in [2.75, 3.05) is 4.72 Å². The van der Waals surface area contributed by atoms with Crippen molar-refractivity contribution in [2.24, 2.45) is 0 Å². The van der Waals surface area contributed by atoms with E-state index >= 15 is 0 Å². The highest BCUT2D eigenvalue weighted by atomic mass is 32.2. The van der Waals surface area contributed by atoms with E-state index in [-0.39, 0.29) is 16.9 Å². The fourth-order valence-corrected chi connectivity index (χ4v) is 3.79. The van der Waals surface area contributed by atoms with E-state index in [0.29, 0.717) is 16.7 Å². The van der Waals surface area contributed by atoms with Crippen molar-refractivity contribution in [3.8, 4) is 0 Å². The zero-order chi connectivity index (χ0) is 21.0. The number of carboxylic acid groups (broad SMARTS) is 1. The molecule has 2 aromatic heterocycles. The second-order valence-electron chi connectivity index (χ2n) is 6.12. The van der Waals surface area contributed by atoms with E-state index in [1.54, 1.807) is 48.7 Å². The lowest BCUT2D eigenvalue weighted by atomic mass is 10.1. The number of hydrogen-bond donors (Lipinski definition) is 3. The molecule has 0 radical (unpaired) electrons. The summed E-state index contributed by atoms with van der Waals surface area (Å²) in [6.45, 7) is 1.54. The number of nitrogens with one attached hydrogen (secondary N) is 3. The number of rotatable bonds is 4. The second kappa shape index (κ2) is 8.19. The molecule has 0 bridgehead atoms. The van der Waals surface area contributed by atoms with Crippen LogP contribution in [0.4, 0.5) is 5.69 Å². The van der Waals surface area contributed by atoms with Crippen molar-refractivity contribution in [3.05, 3.63) is 71.1 Å². The van der Waals surface area contributed by atoms with Crippen molar-refractivity contribution in [1.29, 1.82) is 0 Å². The molecule has 0 aliphatic heterocycles. The summed E-state index contributed by atoms with van der Waals surface area (Å²) in [4.78, 5) is 27.1. The number of benzene rings is 2. The number of aliphatic carboxylic acids is 1. The summed E-state index contributed by atoms with van der Waals surface area (Å²) in [5, 5.41) is 10.8. The van der Waals surface area contributed by atoms with Crippen LogP contribution in [0.15, 0.2) is 70.5 Å². The Morgan fingerprint density at radius 1 is 1.07 bits per heavy atom. The smallest absolute Gasteiger partial charge is 0.272 e. The van der Waals surface area contributed by atoms with E-state index in [0.717, 1.165) is 10.8 Å². The van der Waals surface area contributed by atoms with Gasteiger partial charge in [-0.2, -0.15) is 0 Å². The van der Waals surface area contributed by atoms with E-state index in [2.05, 4.69) is 14.7 Å². The lowest BCUT2D eigenvalue weighted by Gasteiger charge is -2.09. The number of fused-ring (bicyclic) bond motifs is 3. The molecule has 0 unspecified atom stereocenters. The van der Waals surface area contributed by atoms with Gasteiger partial charge in [-0.15, -0.1) is 0 Å². The third kappa shape index (κ3) is 4.46. The third-order valence-corrected chi connectivity index (χ3v) is 5.52. The van der Waals surface area contributed by atoms with Gasteiger partial charge in [-0.05, 0) is 42.8 Å². The Hall–Kier alpha value is -3.59. The predicted octanol–water partition coefficient (Wildman–Crippen LogP) is 1.96. The van der Waals surface area contributed by atoms with Crippen LogP contribution in [0, 0.1) is 0 Å². The Bertz CT molecular complexity index is 1320. The van der Waals surface area contributed by atoms with Crippen LogP contribution in [-0.2, 0) is 14.8 Å². The fourth-order valence-electron chi connectivity index (χ4n) is 2.72. The maximum Gasteiger partial charge on any atom is 0.272 e. The SMILES string of the molecule is CCC(=O)[O-].O=c1[nH]c2ccc(NS(=O)(=O)c3ccccc3)cc2c2cc[nH]c12. The number of carboxylic acids is 1. The summed E-state index contributed by atoms with van der Waals surface area (Å²) in [5.41, 5.74) is 1.33. The Balaban J connectivity index is 0.000000431. The topological polar surface area (TPSA) is 135 Å². The minimum atomic E-state index is -3.66. The Kier molecular flexibility index (Phi) is 5.69. The molecule has 150 valence electrons. The van der Waals surface area contributed by atoms with Crippen LogP contribution in [0.25, 0.3) is 21.8 Å². The monoisotopic (exact) mass is 412 g/mol. The van der Waals surface area contributed by atoms with Gasteiger partial charge in [-0.1, -0.05) is 25.1 Å². The molecule has 2 aromatic carbocycles. The molecular formula is C20H18N3O5S-. The molecule has 0 saturated heterocycles. The van der Waals surface area contributed by atoms with Gasteiger partial charge in [0.15, 0.2) is 0 Å². The number of sulfonamides is 1. The Morgan fingerprint density at radius 2 is 1.76 bits per heavy atom. The first-order valence-electron chi connectivity index (χ1n) is 8.72. The van der Waals surface area contributed by atoms with Crippen LogP contribution in [0.2, 0.25) is 0 Å². The fraction of sp³-hybridized carbons (Fsp3) is 0.100. The highest BCUT2D eigenvalue weighted by Crippen LogP contribution is 2.25. The molecule has 4 aromatic rings. The molecule has 9 heteroatoms. The van der Waals surface area contributed by atoms with Gasteiger partial charge in [0.1, 0.15) is 5.52 Å². The molecule has 0 aliphatic carbocycles. The number of hydrogen-bond acceptors (Lipinski definition) is 5. The van der Waals surface area contributed by atoms with Crippen molar-refractivity contribution in [2.45, 2.75) is 18.2 Å². The van der Waals surface area contributed by atoms with Crippen LogP contribution in [0.3, 0.4) is 0 Å². The Labute approximate surface area is 166 Å². The molecule has 8 nitrogen and oxygen atoms in total. The number of H-pyrrole nitrogens is 2. The lowest BCUT2D eigenvalue weighted by Crippen LogP contribution is -2.19. The average Bonchev–Trinajstić information content (AvgIpc) is 3.20. The first kappa shape index (κ1) is 20.2. The van der Waals surface area contributed by atoms with Crippen LogP contribution in [-0.4, -0.2) is 24.4 Å². The van der Waals surface area contributed by atoms with Crippen molar-refractivity contribution < 1.29 is 18.3 Å². The summed E-state index contributed by atoms with van der Waals surface area (Å²) in [7, 11) is -3.66. The minimum Gasteiger partial charge on any atom is -0.550 e. The molecule has 4 rings (SSSR count). The van der Waals surface area contributed by atoms with Gasteiger partial charge in [0.05, 0.1) is 4.90 Å². The highest BCUT2D eigenvalue weighted by Gasteiger charge is 2.14. The molecule has 0 amide bonds. The van der Waals surface area contributed by atoms with E-state index in [1.807, 2.05) is 0 Å². The Morgan fingerprint density at radius 3 is 2.41 bits per heavy atom. The standard InChI is InChI=1S/C17H13N3O3S.C3H6O2/c21-17-16-13(8-9-18-16)14-10-11(6-7-15(14)19-17)20-24(22,23)12-4-2-1-3-5-12;1-2-3(4)5/h1-10,18,20H,(H,19,21);2H2,1H3,(H,4,5)/p-1. The number of carbonyl (C=O) groups is 1. The molecule has 0 saturated carbocycles. The molecule has 0 fully saturated rings. The van der Waals surface area contributed by atoms with Crippen LogP contribution in [0.1, 0.15) is 13.3 Å². The molecule has 0 atom stereocenters. The highest BCUT2D eigenvalue weighted by molar-refractivity contribution is 7.92. The second-order valence-corrected chi connectivity index (χ2v) is 7.81. The normalized spacial score (nSPS) is 11.1. The molecule has 3 N–H and O–H groups in total. The zero-order valence-corrected chi connectivity index (χ0v) is 16.2. The molecule has 29 heavy (non-hydrogen) atoms. The van der Waals surface area contributed by atoms with Gasteiger partial charge < -0.3 is 19.9 Å². The van der Waals surface area contributed by atoms with Gasteiger partial charge in [-0.3, -0.25) is 9.52 Å². The van der Waals surface area contributed by atoms with Crippen molar-refractivity contribution in [1.82, 2.24) is 9.97 Å². The van der Waals surface area contributed by atoms with Crippen LogP contribution < -0.4 is 15.4 Å². The van der Waals surface area contributed by atoms with Gasteiger partial charge >= 0.3 is 0 Å². The first-order chi connectivity index (χ1) is 13.8. The van der Waals surface area contributed by atoms with Crippen molar-refractivity contribution >= 4 is 43.5 Å². The largest absolute Gasteiger partial charge is 0.550 e. The van der Waals surface area contributed by atoms with Gasteiger partial charge in [0, 0.05) is 34.1 Å². The molecular weight excluding hydrogens is 394 g/mol. The molecule has 0 aliphatic rings.